The predicted octanol–water partition coefficient (Wildman–Crippen LogP) is 1.58. The zero-order valence-corrected chi connectivity index (χ0v) is 12.2. The third-order valence-electron chi connectivity index (χ3n) is 3.10. The molecular formula is C14H14N6O3. The number of aromatic nitrogens is 4. The number of anilines is 2. The number of methoxy groups -OCH3 is 1. The van der Waals surface area contributed by atoms with Crippen molar-refractivity contribution in [1.29, 1.82) is 0 Å². The molecule has 0 spiro atoms. The van der Waals surface area contributed by atoms with E-state index in [1.54, 1.807) is 6.20 Å². The van der Waals surface area contributed by atoms with E-state index in [-0.39, 0.29) is 18.3 Å². The molecule has 0 aliphatic rings. The summed E-state index contributed by atoms with van der Waals surface area (Å²) in [6, 6.07) is 7.64. The summed E-state index contributed by atoms with van der Waals surface area (Å²) in [4.78, 5) is 27.4. The Morgan fingerprint density at radius 3 is 2.96 bits per heavy atom. The molecule has 0 bridgehead atoms. The molecule has 2 amide bonds. The first-order valence-electron chi connectivity index (χ1n) is 6.77. The van der Waals surface area contributed by atoms with Crippen molar-refractivity contribution >= 4 is 34.4 Å². The molecule has 0 atom stereocenters. The number of hydrogen-bond acceptors (Lipinski definition) is 5. The molecule has 0 fully saturated rings. The number of nitrogens with zero attached hydrogens (tertiary/aromatic N) is 3. The quantitative estimate of drug-likeness (QED) is 0.676. The number of benzene rings is 1. The molecule has 0 saturated heterocycles. The molecule has 0 aliphatic heterocycles. The van der Waals surface area contributed by atoms with Crippen LogP contribution in [0.15, 0.2) is 36.7 Å². The van der Waals surface area contributed by atoms with Crippen LogP contribution in [0.5, 0.6) is 0 Å². The van der Waals surface area contributed by atoms with E-state index < -0.39 is 6.09 Å². The molecule has 23 heavy (non-hydrogen) atoms. The highest BCUT2D eigenvalue weighted by Crippen LogP contribution is 2.22. The molecule has 118 valence electrons. The molecule has 9 nitrogen and oxygen atoms in total. The van der Waals surface area contributed by atoms with Crippen molar-refractivity contribution in [3.05, 3.63) is 36.7 Å². The Labute approximate surface area is 130 Å². The summed E-state index contributed by atoms with van der Waals surface area (Å²) in [6.07, 6.45) is 2.40. The number of carbonyl (C=O) groups excluding carboxylic acids is 2. The topological polar surface area (TPSA) is 114 Å². The Balaban J connectivity index is 1.64. The summed E-state index contributed by atoms with van der Waals surface area (Å²) < 4.78 is 4.45. The van der Waals surface area contributed by atoms with E-state index in [0.717, 1.165) is 10.9 Å². The summed E-state index contributed by atoms with van der Waals surface area (Å²) >= 11 is 0. The van der Waals surface area contributed by atoms with Gasteiger partial charge in [0.2, 0.25) is 5.91 Å². The fraction of sp³-hybridized carbons (Fsp3) is 0.143. The summed E-state index contributed by atoms with van der Waals surface area (Å²) in [7, 11) is 1.24. The molecule has 0 unspecified atom stereocenters. The number of amides is 2. The average molecular weight is 314 g/mol. The lowest BCUT2D eigenvalue weighted by molar-refractivity contribution is -0.117. The van der Waals surface area contributed by atoms with Gasteiger partial charge in [0, 0.05) is 17.1 Å². The van der Waals surface area contributed by atoms with Crippen molar-refractivity contribution in [2.45, 2.75) is 6.54 Å². The molecule has 3 rings (SSSR count). The van der Waals surface area contributed by atoms with E-state index in [0.29, 0.717) is 5.69 Å². The molecule has 2 aromatic heterocycles. The summed E-state index contributed by atoms with van der Waals surface area (Å²) in [5.74, 6) is -0.0771. The maximum Gasteiger partial charge on any atom is 0.412 e. The molecule has 1 aromatic carbocycles. The van der Waals surface area contributed by atoms with Crippen LogP contribution in [0.25, 0.3) is 10.9 Å². The second-order valence-corrected chi connectivity index (χ2v) is 4.67. The molecule has 0 aliphatic carbocycles. The normalized spacial score (nSPS) is 10.5. The van der Waals surface area contributed by atoms with E-state index in [2.05, 4.69) is 30.6 Å². The SMILES string of the molecule is COC(=O)Nc1cnn(CC(=O)Nc2c[nH]c3ccccc23)n1. The van der Waals surface area contributed by atoms with Crippen molar-refractivity contribution in [1.82, 2.24) is 20.0 Å². The highest BCUT2D eigenvalue weighted by Gasteiger charge is 2.10. The van der Waals surface area contributed by atoms with E-state index in [9.17, 15) is 9.59 Å². The number of aromatic amines is 1. The van der Waals surface area contributed by atoms with Gasteiger partial charge < -0.3 is 15.0 Å². The number of H-pyrrole nitrogens is 1. The molecule has 3 N–H and O–H groups in total. The van der Waals surface area contributed by atoms with Crippen molar-refractivity contribution in [2.24, 2.45) is 0 Å². The third kappa shape index (κ3) is 3.28. The minimum absolute atomic E-state index is 0.0810. The van der Waals surface area contributed by atoms with Gasteiger partial charge in [0.1, 0.15) is 6.54 Å². The Morgan fingerprint density at radius 1 is 1.30 bits per heavy atom. The van der Waals surface area contributed by atoms with Crippen molar-refractivity contribution in [3.63, 3.8) is 0 Å². The van der Waals surface area contributed by atoms with Gasteiger partial charge in [0.25, 0.3) is 0 Å². The lowest BCUT2D eigenvalue weighted by atomic mass is 10.2. The van der Waals surface area contributed by atoms with Crippen LogP contribution in [-0.2, 0) is 16.1 Å². The summed E-state index contributed by atoms with van der Waals surface area (Å²) in [6.45, 7) is -0.0810. The molecule has 0 radical (unpaired) electrons. The van der Waals surface area contributed by atoms with Gasteiger partial charge in [0.15, 0.2) is 5.82 Å². The number of para-hydroxylation sites is 1. The molecule has 0 saturated carbocycles. The smallest absolute Gasteiger partial charge is 0.412 e. The Bertz CT molecular complexity index is 853. The first-order chi connectivity index (χ1) is 11.2. The van der Waals surface area contributed by atoms with Crippen LogP contribution < -0.4 is 10.6 Å². The number of rotatable bonds is 4. The van der Waals surface area contributed by atoms with Gasteiger partial charge in [-0.2, -0.15) is 9.90 Å². The van der Waals surface area contributed by atoms with Crippen molar-refractivity contribution in [2.75, 3.05) is 17.7 Å². The van der Waals surface area contributed by atoms with Crippen LogP contribution >= 0.6 is 0 Å². The first-order valence-corrected chi connectivity index (χ1v) is 6.77. The molecular weight excluding hydrogens is 300 g/mol. The van der Waals surface area contributed by atoms with E-state index in [1.165, 1.54) is 18.1 Å². The minimum Gasteiger partial charge on any atom is -0.453 e. The lowest BCUT2D eigenvalue weighted by Gasteiger charge is -2.03. The van der Waals surface area contributed by atoms with Gasteiger partial charge in [-0.25, -0.2) is 4.79 Å². The number of ether oxygens (including phenoxy) is 1. The van der Waals surface area contributed by atoms with Gasteiger partial charge in [-0.1, -0.05) is 18.2 Å². The monoisotopic (exact) mass is 314 g/mol. The van der Waals surface area contributed by atoms with E-state index in [1.807, 2.05) is 24.3 Å². The Morgan fingerprint density at radius 2 is 2.13 bits per heavy atom. The second kappa shape index (κ2) is 6.18. The van der Waals surface area contributed by atoms with Crippen LogP contribution in [0.3, 0.4) is 0 Å². The first kappa shape index (κ1) is 14.6. The third-order valence-corrected chi connectivity index (χ3v) is 3.10. The van der Waals surface area contributed by atoms with Gasteiger partial charge in [-0.05, 0) is 6.07 Å². The maximum atomic E-state index is 12.1. The van der Waals surface area contributed by atoms with Crippen LogP contribution in [0.1, 0.15) is 0 Å². The van der Waals surface area contributed by atoms with Crippen LogP contribution in [-0.4, -0.2) is 39.1 Å². The van der Waals surface area contributed by atoms with E-state index >= 15 is 0 Å². The molecule has 9 heteroatoms. The van der Waals surface area contributed by atoms with E-state index in [4.69, 9.17) is 0 Å². The number of hydrogen-bond donors (Lipinski definition) is 3. The fourth-order valence-electron chi connectivity index (χ4n) is 2.08. The molecule has 3 aromatic rings. The van der Waals surface area contributed by atoms with Crippen molar-refractivity contribution in [3.8, 4) is 0 Å². The largest absolute Gasteiger partial charge is 0.453 e. The summed E-state index contributed by atoms with van der Waals surface area (Å²) in [5, 5.41) is 13.9. The fourth-order valence-corrected chi connectivity index (χ4v) is 2.08. The van der Waals surface area contributed by atoms with Gasteiger partial charge in [-0.3, -0.25) is 10.1 Å². The highest BCUT2D eigenvalue weighted by molar-refractivity contribution is 6.01. The number of fused-ring (bicyclic) bond motifs is 1. The Kier molecular flexibility index (Phi) is 3.91. The Hall–Kier alpha value is -3.36. The van der Waals surface area contributed by atoms with Crippen LogP contribution in [0, 0.1) is 0 Å². The van der Waals surface area contributed by atoms with Crippen molar-refractivity contribution < 1.29 is 14.3 Å². The number of nitrogens with one attached hydrogen (secondary N) is 3. The van der Waals surface area contributed by atoms with Gasteiger partial charge in [0.05, 0.1) is 19.0 Å². The standard InChI is InChI=1S/C14H14N6O3/c1-23-14(22)18-12-7-16-20(19-12)8-13(21)17-11-6-15-10-5-3-2-4-9(10)11/h2-7,15H,8H2,1H3,(H,17,21)(H,18,19,22). The molecule has 2 heterocycles. The number of carbonyl (C=O) groups is 2. The predicted molar refractivity (Wildman–Crippen MR) is 83.0 cm³/mol. The summed E-state index contributed by atoms with van der Waals surface area (Å²) in [5.41, 5.74) is 1.62. The zero-order valence-electron chi connectivity index (χ0n) is 12.2. The highest BCUT2D eigenvalue weighted by atomic mass is 16.5. The minimum atomic E-state index is -0.653. The zero-order chi connectivity index (χ0) is 16.2. The second-order valence-electron chi connectivity index (χ2n) is 4.67. The van der Waals surface area contributed by atoms with Crippen LogP contribution in [0.2, 0.25) is 0 Å². The van der Waals surface area contributed by atoms with Gasteiger partial charge in [-0.15, -0.1) is 5.10 Å². The maximum absolute atomic E-state index is 12.1. The lowest BCUT2D eigenvalue weighted by Crippen LogP contribution is -2.20. The van der Waals surface area contributed by atoms with Gasteiger partial charge >= 0.3 is 6.09 Å². The van der Waals surface area contributed by atoms with Crippen LogP contribution in [0.4, 0.5) is 16.3 Å². The average Bonchev–Trinajstić information content (AvgIpc) is 3.15.